The monoisotopic (exact) mass is 240 g/mol. The molecule has 3 N–H and O–H groups in total. The predicted molar refractivity (Wildman–Crippen MR) is 67.1 cm³/mol. The molecule has 6 heteroatoms. The molecule has 1 atom stereocenters. The highest BCUT2D eigenvalue weighted by atomic mass is 32.1. The smallest absolute Gasteiger partial charge is 0.234 e. The maximum Gasteiger partial charge on any atom is 0.234 e. The third kappa shape index (κ3) is 2.79. The predicted octanol–water partition coefficient (Wildman–Crippen LogP) is 0.979. The third-order valence-corrected chi connectivity index (χ3v) is 2.62. The lowest BCUT2D eigenvalue weighted by Gasteiger charge is -2.12. The van der Waals surface area contributed by atoms with Gasteiger partial charge >= 0.3 is 0 Å². The van der Waals surface area contributed by atoms with E-state index >= 15 is 0 Å². The van der Waals surface area contributed by atoms with E-state index in [-0.39, 0.29) is 10.9 Å². The van der Waals surface area contributed by atoms with Crippen LogP contribution >= 0.6 is 12.2 Å². The summed E-state index contributed by atoms with van der Waals surface area (Å²) in [5.74, 6) is -0.597. The first-order chi connectivity index (χ1) is 7.45. The molecule has 0 radical (unpaired) electrons. The van der Waals surface area contributed by atoms with E-state index in [2.05, 4.69) is 10.4 Å². The molecule has 0 bridgehead atoms. The highest BCUT2D eigenvalue weighted by molar-refractivity contribution is 7.80. The summed E-state index contributed by atoms with van der Waals surface area (Å²) < 4.78 is 1.65. The largest absolute Gasteiger partial charge is 0.393 e. The van der Waals surface area contributed by atoms with E-state index in [9.17, 15) is 4.79 Å². The number of aryl methyl sites for hydroxylation is 2. The van der Waals surface area contributed by atoms with Crippen molar-refractivity contribution in [2.75, 3.05) is 5.32 Å². The van der Waals surface area contributed by atoms with Gasteiger partial charge in [0.25, 0.3) is 0 Å². The van der Waals surface area contributed by atoms with Crippen molar-refractivity contribution in [1.82, 2.24) is 9.78 Å². The molecule has 1 heterocycles. The number of anilines is 1. The number of amides is 1. The molecule has 0 saturated carbocycles. The molecule has 0 aliphatic heterocycles. The summed E-state index contributed by atoms with van der Waals surface area (Å²) >= 11 is 4.84. The molecular formula is C10H16N4OS. The van der Waals surface area contributed by atoms with Crippen molar-refractivity contribution in [2.24, 2.45) is 18.7 Å². The lowest BCUT2D eigenvalue weighted by Crippen LogP contribution is -2.32. The van der Waals surface area contributed by atoms with E-state index in [1.54, 1.807) is 17.9 Å². The lowest BCUT2D eigenvalue weighted by atomic mass is 10.1. The molecule has 0 aliphatic rings. The molecule has 88 valence electrons. The van der Waals surface area contributed by atoms with Gasteiger partial charge in [0.1, 0.15) is 0 Å². The number of aromatic nitrogens is 2. The van der Waals surface area contributed by atoms with Crippen LogP contribution in [-0.4, -0.2) is 20.7 Å². The van der Waals surface area contributed by atoms with Crippen molar-refractivity contribution < 1.29 is 4.79 Å². The van der Waals surface area contributed by atoms with Crippen LogP contribution in [0.25, 0.3) is 0 Å². The van der Waals surface area contributed by atoms with Gasteiger partial charge in [0.15, 0.2) is 0 Å². The third-order valence-electron chi connectivity index (χ3n) is 2.34. The topological polar surface area (TPSA) is 72.9 Å². The van der Waals surface area contributed by atoms with Gasteiger partial charge in [0.05, 0.1) is 22.3 Å². The zero-order valence-electron chi connectivity index (χ0n) is 9.65. The Balaban J connectivity index is 2.77. The number of nitrogens with zero attached hydrogens (tertiary/aromatic N) is 2. The Morgan fingerprint density at radius 2 is 2.38 bits per heavy atom. The second kappa shape index (κ2) is 5.07. The summed E-state index contributed by atoms with van der Waals surface area (Å²) in [6.07, 6.45) is 2.35. The van der Waals surface area contributed by atoms with E-state index in [1.807, 2.05) is 13.8 Å². The quantitative estimate of drug-likeness (QED) is 0.769. The van der Waals surface area contributed by atoms with Crippen LogP contribution in [0, 0.1) is 12.8 Å². The van der Waals surface area contributed by atoms with Crippen molar-refractivity contribution in [1.29, 1.82) is 0 Å². The molecule has 5 nitrogen and oxygen atoms in total. The van der Waals surface area contributed by atoms with Gasteiger partial charge < -0.3 is 11.1 Å². The van der Waals surface area contributed by atoms with Gasteiger partial charge in [-0.2, -0.15) is 5.10 Å². The van der Waals surface area contributed by atoms with Crippen molar-refractivity contribution in [3.8, 4) is 0 Å². The number of thiocarbonyl (C=S) groups is 1. The van der Waals surface area contributed by atoms with E-state index in [1.165, 1.54) is 0 Å². The Kier molecular flexibility index (Phi) is 4.00. The van der Waals surface area contributed by atoms with Gasteiger partial charge in [-0.15, -0.1) is 0 Å². The first-order valence-corrected chi connectivity index (χ1v) is 5.47. The highest BCUT2D eigenvalue weighted by Gasteiger charge is 2.20. The fourth-order valence-corrected chi connectivity index (χ4v) is 1.73. The molecule has 1 unspecified atom stereocenters. The number of nitrogens with one attached hydrogen (secondary N) is 1. The summed E-state index contributed by atoms with van der Waals surface area (Å²) in [7, 11) is 1.80. The van der Waals surface area contributed by atoms with Crippen LogP contribution in [0.2, 0.25) is 0 Å². The Morgan fingerprint density at radius 1 is 1.75 bits per heavy atom. The average molecular weight is 240 g/mol. The van der Waals surface area contributed by atoms with Crippen LogP contribution < -0.4 is 11.1 Å². The SMILES string of the molecule is CCC(C(=O)Nc1cn(C)nc1C)C(N)=S. The second-order valence-electron chi connectivity index (χ2n) is 3.65. The molecule has 1 aromatic heterocycles. The first-order valence-electron chi connectivity index (χ1n) is 5.06. The molecule has 0 aromatic carbocycles. The van der Waals surface area contributed by atoms with Crippen molar-refractivity contribution in [2.45, 2.75) is 20.3 Å². The van der Waals surface area contributed by atoms with Crippen molar-refractivity contribution in [3.05, 3.63) is 11.9 Å². The summed E-state index contributed by atoms with van der Waals surface area (Å²) in [6.45, 7) is 3.71. The van der Waals surface area contributed by atoms with Gasteiger partial charge in [-0.05, 0) is 13.3 Å². The Bertz CT molecular complexity index is 413. The molecule has 1 rings (SSSR count). The Morgan fingerprint density at radius 3 is 2.75 bits per heavy atom. The number of carbonyl (C=O) groups is 1. The maximum atomic E-state index is 11.8. The minimum Gasteiger partial charge on any atom is -0.393 e. The summed E-state index contributed by atoms with van der Waals surface area (Å²) in [5.41, 5.74) is 6.96. The fourth-order valence-electron chi connectivity index (χ4n) is 1.46. The molecule has 0 fully saturated rings. The number of nitrogens with two attached hydrogens (primary N) is 1. The molecule has 0 saturated heterocycles. The van der Waals surface area contributed by atoms with Crippen LogP contribution in [-0.2, 0) is 11.8 Å². The van der Waals surface area contributed by atoms with Gasteiger partial charge in [0, 0.05) is 13.2 Å². The van der Waals surface area contributed by atoms with E-state index in [4.69, 9.17) is 18.0 Å². The zero-order valence-corrected chi connectivity index (χ0v) is 10.5. The molecular weight excluding hydrogens is 224 g/mol. The number of rotatable bonds is 4. The van der Waals surface area contributed by atoms with Crippen molar-refractivity contribution in [3.63, 3.8) is 0 Å². The number of hydrogen-bond acceptors (Lipinski definition) is 3. The summed E-state index contributed by atoms with van der Waals surface area (Å²) in [6, 6.07) is 0. The molecule has 0 aliphatic carbocycles. The van der Waals surface area contributed by atoms with Crippen LogP contribution in [0.15, 0.2) is 6.20 Å². The van der Waals surface area contributed by atoms with Gasteiger partial charge in [-0.1, -0.05) is 19.1 Å². The van der Waals surface area contributed by atoms with Gasteiger partial charge in [-0.25, -0.2) is 0 Å². The van der Waals surface area contributed by atoms with Crippen molar-refractivity contribution >= 4 is 28.8 Å². The highest BCUT2D eigenvalue weighted by Crippen LogP contribution is 2.14. The van der Waals surface area contributed by atoms with Crippen LogP contribution in [0.1, 0.15) is 19.0 Å². The van der Waals surface area contributed by atoms with Gasteiger partial charge in [-0.3, -0.25) is 9.48 Å². The zero-order chi connectivity index (χ0) is 12.3. The van der Waals surface area contributed by atoms with Crippen LogP contribution in [0.4, 0.5) is 5.69 Å². The molecule has 16 heavy (non-hydrogen) atoms. The van der Waals surface area contributed by atoms with Crippen LogP contribution in [0.3, 0.4) is 0 Å². The summed E-state index contributed by atoms with van der Waals surface area (Å²) in [4.78, 5) is 12.1. The minimum absolute atomic E-state index is 0.175. The molecule has 1 amide bonds. The van der Waals surface area contributed by atoms with E-state index < -0.39 is 5.92 Å². The van der Waals surface area contributed by atoms with Gasteiger partial charge in [0.2, 0.25) is 5.91 Å². The number of hydrogen-bond donors (Lipinski definition) is 2. The number of carbonyl (C=O) groups excluding carboxylic acids is 1. The molecule has 1 aromatic rings. The van der Waals surface area contributed by atoms with E-state index in [0.717, 1.165) is 5.69 Å². The average Bonchev–Trinajstić information content (AvgIpc) is 2.45. The summed E-state index contributed by atoms with van der Waals surface area (Å²) in [5, 5.41) is 6.91. The second-order valence-corrected chi connectivity index (χ2v) is 4.13. The normalized spacial score (nSPS) is 12.2. The Hall–Kier alpha value is -1.43. The van der Waals surface area contributed by atoms with E-state index in [0.29, 0.717) is 12.1 Å². The lowest BCUT2D eigenvalue weighted by molar-refractivity contribution is -0.118. The first kappa shape index (κ1) is 12.6. The van der Waals surface area contributed by atoms with Crippen LogP contribution in [0.5, 0.6) is 0 Å². The fraction of sp³-hybridized carbons (Fsp3) is 0.500. The standard InChI is InChI=1S/C10H16N4OS/c1-4-7(9(11)16)10(15)12-8-5-14(3)13-6(8)2/h5,7H,4H2,1-3H3,(H2,11,16)(H,12,15). The minimum atomic E-state index is -0.422. The molecule has 0 spiro atoms. The maximum absolute atomic E-state index is 11.8. The Labute approximate surface area is 100 Å².